The van der Waals surface area contributed by atoms with Gasteiger partial charge in [0.1, 0.15) is 5.82 Å². The van der Waals surface area contributed by atoms with Crippen molar-refractivity contribution in [3.05, 3.63) is 107 Å². The lowest BCUT2D eigenvalue weighted by atomic mass is 10.0. The lowest BCUT2D eigenvalue weighted by molar-refractivity contribution is 0.415. The van der Waals surface area contributed by atoms with Crippen LogP contribution in [0.2, 0.25) is 0 Å². The third-order valence-corrected chi connectivity index (χ3v) is 5.72. The van der Waals surface area contributed by atoms with Crippen molar-refractivity contribution in [3.8, 4) is 0 Å². The van der Waals surface area contributed by atoms with Crippen LogP contribution in [-0.2, 0) is 19.3 Å². The summed E-state index contributed by atoms with van der Waals surface area (Å²) >= 11 is 0. The van der Waals surface area contributed by atoms with E-state index in [2.05, 4.69) is 76.6 Å². The lowest BCUT2D eigenvalue weighted by Gasteiger charge is -2.24. The summed E-state index contributed by atoms with van der Waals surface area (Å²) in [5.74, 6) is -0.157. The molecule has 0 spiro atoms. The van der Waals surface area contributed by atoms with Crippen molar-refractivity contribution in [2.24, 2.45) is 0 Å². The molecule has 3 N–H and O–H groups in total. The van der Waals surface area contributed by atoms with Gasteiger partial charge in [-0.2, -0.15) is 0 Å². The zero-order chi connectivity index (χ0) is 22.4. The Balaban J connectivity index is 1.53. The Bertz CT molecular complexity index is 885. The number of likely N-dealkylation sites (N-methyl/N-ethyl adjacent to an activating group) is 1. The van der Waals surface area contributed by atoms with Gasteiger partial charge >= 0.3 is 0 Å². The van der Waals surface area contributed by atoms with E-state index in [0.717, 1.165) is 50.9 Å². The zero-order valence-electron chi connectivity index (χ0n) is 19.1. The van der Waals surface area contributed by atoms with E-state index in [1.165, 1.54) is 17.2 Å². The highest BCUT2D eigenvalue weighted by molar-refractivity contribution is 5.18. The highest BCUT2D eigenvalue weighted by Crippen LogP contribution is 2.08. The molecule has 3 aromatic carbocycles. The third-order valence-electron chi connectivity index (χ3n) is 5.72. The first-order valence-corrected chi connectivity index (χ1v) is 11.7. The second-order valence-corrected chi connectivity index (χ2v) is 8.43. The summed E-state index contributed by atoms with van der Waals surface area (Å²) in [4.78, 5) is 0. The van der Waals surface area contributed by atoms with Gasteiger partial charge in [0, 0.05) is 25.2 Å². The minimum absolute atomic E-state index is 0.157. The number of benzene rings is 3. The van der Waals surface area contributed by atoms with Crippen LogP contribution in [0.5, 0.6) is 0 Å². The Morgan fingerprint density at radius 1 is 0.688 bits per heavy atom. The van der Waals surface area contributed by atoms with Crippen LogP contribution < -0.4 is 16.0 Å². The Hall–Kier alpha value is -2.53. The van der Waals surface area contributed by atoms with Gasteiger partial charge in [-0.3, -0.25) is 0 Å². The normalized spacial score (nSPS) is 13.1. The quantitative estimate of drug-likeness (QED) is 0.330. The number of hydrogen-bond acceptors (Lipinski definition) is 3. The van der Waals surface area contributed by atoms with Crippen molar-refractivity contribution in [1.82, 2.24) is 16.0 Å². The maximum atomic E-state index is 13.4. The van der Waals surface area contributed by atoms with Crippen LogP contribution in [0, 0.1) is 5.82 Å². The molecule has 0 aliphatic heterocycles. The fourth-order valence-electron chi connectivity index (χ4n) is 4.08. The fourth-order valence-corrected chi connectivity index (χ4v) is 4.08. The summed E-state index contributed by atoms with van der Waals surface area (Å²) in [5.41, 5.74) is 3.74. The van der Waals surface area contributed by atoms with E-state index in [1.807, 2.05) is 13.1 Å². The van der Waals surface area contributed by atoms with Crippen molar-refractivity contribution in [2.75, 3.05) is 26.7 Å². The summed E-state index contributed by atoms with van der Waals surface area (Å²) in [6.07, 6.45) is 3.84. The fraction of sp³-hybridized carbons (Fsp3) is 0.357. The number of nitrogens with one attached hydrogen (secondary N) is 3. The number of halogens is 1. The summed E-state index contributed by atoms with van der Waals surface area (Å²) in [6, 6.07) is 28.9. The van der Waals surface area contributed by atoms with Gasteiger partial charge in [0.15, 0.2) is 0 Å². The summed E-state index contributed by atoms with van der Waals surface area (Å²) in [7, 11) is 2.01. The van der Waals surface area contributed by atoms with Crippen LogP contribution >= 0.6 is 0 Å². The van der Waals surface area contributed by atoms with Crippen molar-refractivity contribution in [2.45, 2.75) is 37.8 Å². The lowest BCUT2D eigenvalue weighted by Crippen LogP contribution is -2.47. The van der Waals surface area contributed by atoms with Crippen molar-refractivity contribution in [1.29, 1.82) is 0 Å². The van der Waals surface area contributed by atoms with Crippen molar-refractivity contribution in [3.63, 3.8) is 0 Å². The molecule has 0 heterocycles. The molecule has 32 heavy (non-hydrogen) atoms. The molecule has 2 atom stereocenters. The molecular formula is C28H36FN3. The third kappa shape index (κ3) is 8.91. The Labute approximate surface area is 192 Å². The van der Waals surface area contributed by atoms with E-state index in [4.69, 9.17) is 0 Å². The smallest absolute Gasteiger partial charge is 0.123 e. The van der Waals surface area contributed by atoms with Crippen LogP contribution in [0.25, 0.3) is 0 Å². The van der Waals surface area contributed by atoms with Gasteiger partial charge in [-0.15, -0.1) is 0 Å². The number of rotatable bonds is 14. The van der Waals surface area contributed by atoms with E-state index < -0.39 is 0 Å². The Morgan fingerprint density at radius 3 is 1.88 bits per heavy atom. The second kappa shape index (κ2) is 13.8. The van der Waals surface area contributed by atoms with Gasteiger partial charge in [-0.05, 0) is 68.1 Å². The van der Waals surface area contributed by atoms with Gasteiger partial charge in [0.25, 0.3) is 0 Å². The standard InChI is InChI=1S/C28H36FN3/c1-30-21-27(19-24-10-4-2-5-11-24)32-22-28(20-25-12-6-3-7-13-25)31-17-9-15-23-14-8-16-26(29)18-23/h2-8,10-14,16,18,27-28,30-32H,9,15,17,19-22H2,1H3/t27-,28-/m0/s1. The van der Waals surface area contributed by atoms with E-state index >= 15 is 0 Å². The SMILES string of the molecule is CNC[C@H](Cc1ccccc1)NC[C@H](Cc1ccccc1)NCCCc1cccc(F)c1. The molecule has 0 amide bonds. The monoisotopic (exact) mass is 433 g/mol. The predicted octanol–water partition coefficient (Wildman–Crippen LogP) is 4.38. The molecular weight excluding hydrogens is 397 g/mol. The Morgan fingerprint density at radius 2 is 1.28 bits per heavy atom. The second-order valence-electron chi connectivity index (χ2n) is 8.43. The van der Waals surface area contributed by atoms with E-state index in [9.17, 15) is 4.39 Å². The van der Waals surface area contributed by atoms with E-state index in [0.29, 0.717) is 12.1 Å². The minimum Gasteiger partial charge on any atom is -0.318 e. The molecule has 0 aromatic heterocycles. The highest BCUT2D eigenvalue weighted by Gasteiger charge is 2.14. The van der Waals surface area contributed by atoms with Crippen molar-refractivity contribution >= 4 is 0 Å². The molecule has 170 valence electrons. The first kappa shape index (κ1) is 24.1. The average molecular weight is 434 g/mol. The molecule has 0 saturated heterocycles. The van der Waals surface area contributed by atoms with Gasteiger partial charge in [-0.1, -0.05) is 72.8 Å². The van der Waals surface area contributed by atoms with Gasteiger partial charge in [-0.25, -0.2) is 4.39 Å². The number of aryl methyl sites for hydroxylation is 1. The molecule has 0 aliphatic rings. The maximum Gasteiger partial charge on any atom is 0.123 e. The van der Waals surface area contributed by atoms with Crippen LogP contribution in [0.15, 0.2) is 84.9 Å². The molecule has 0 saturated carbocycles. The van der Waals surface area contributed by atoms with E-state index in [1.54, 1.807) is 12.1 Å². The molecule has 3 rings (SSSR count). The average Bonchev–Trinajstić information content (AvgIpc) is 2.81. The molecule has 0 aliphatic carbocycles. The number of hydrogen-bond donors (Lipinski definition) is 3. The van der Waals surface area contributed by atoms with Crippen LogP contribution in [0.1, 0.15) is 23.1 Å². The minimum atomic E-state index is -0.157. The van der Waals surface area contributed by atoms with Crippen molar-refractivity contribution < 1.29 is 4.39 Å². The molecule has 3 aromatic rings. The molecule has 0 unspecified atom stereocenters. The van der Waals surface area contributed by atoms with Crippen LogP contribution in [-0.4, -0.2) is 38.8 Å². The van der Waals surface area contributed by atoms with Gasteiger partial charge < -0.3 is 16.0 Å². The molecule has 0 fully saturated rings. The van der Waals surface area contributed by atoms with E-state index in [-0.39, 0.29) is 5.82 Å². The van der Waals surface area contributed by atoms with Crippen LogP contribution in [0.4, 0.5) is 4.39 Å². The molecule has 4 heteroatoms. The molecule has 0 bridgehead atoms. The maximum absolute atomic E-state index is 13.4. The summed E-state index contributed by atoms with van der Waals surface area (Å²) in [6.45, 7) is 2.73. The van der Waals surface area contributed by atoms with Gasteiger partial charge in [0.05, 0.1) is 0 Å². The topological polar surface area (TPSA) is 36.1 Å². The Kier molecular flexibility index (Phi) is 10.4. The van der Waals surface area contributed by atoms with Crippen LogP contribution in [0.3, 0.4) is 0 Å². The van der Waals surface area contributed by atoms with Gasteiger partial charge in [0.2, 0.25) is 0 Å². The summed E-state index contributed by atoms with van der Waals surface area (Å²) in [5, 5.41) is 10.8. The first-order valence-electron chi connectivity index (χ1n) is 11.7. The molecule has 0 radical (unpaired) electrons. The highest BCUT2D eigenvalue weighted by atomic mass is 19.1. The first-order chi connectivity index (χ1) is 15.7. The predicted molar refractivity (Wildman–Crippen MR) is 133 cm³/mol. The molecule has 3 nitrogen and oxygen atoms in total. The summed E-state index contributed by atoms with van der Waals surface area (Å²) < 4.78 is 13.4. The largest absolute Gasteiger partial charge is 0.318 e. The zero-order valence-corrected chi connectivity index (χ0v) is 19.1.